The van der Waals surface area contributed by atoms with Gasteiger partial charge in [0.1, 0.15) is 0 Å². The van der Waals surface area contributed by atoms with Crippen molar-refractivity contribution in [1.82, 2.24) is 0 Å². The smallest absolute Gasteiger partial charge is 0.246 e. The largest absolute Gasteiger partial charge is 0.274 e. The number of hydrogen-bond acceptors (Lipinski definition) is 3. The van der Waals surface area contributed by atoms with Crippen molar-refractivity contribution in [2.24, 2.45) is 0 Å². The third kappa shape index (κ3) is 4.75. The maximum atomic E-state index is 11.0. The standard InChI is InChI=1S/C8H14OS2/c9-8-10-6-4-2-1-3-5-7-11-8/h1-7H2. The van der Waals surface area contributed by atoms with E-state index in [1.54, 1.807) is 0 Å². The fourth-order valence-corrected chi connectivity index (χ4v) is 2.95. The Morgan fingerprint density at radius 1 is 0.818 bits per heavy atom. The normalized spacial score (nSPS) is 23.1. The van der Waals surface area contributed by atoms with Crippen molar-refractivity contribution < 1.29 is 4.79 Å². The zero-order chi connectivity index (χ0) is 7.94. The molecule has 1 nitrogen and oxygen atoms in total. The zero-order valence-corrected chi connectivity index (χ0v) is 8.31. The van der Waals surface area contributed by atoms with Crippen LogP contribution < -0.4 is 0 Å². The number of rotatable bonds is 0. The number of hydrogen-bond donors (Lipinski definition) is 0. The minimum Gasteiger partial charge on any atom is -0.274 e. The van der Waals surface area contributed by atoms with Crippen molar-refractivity contribution in [3.05, 3.63) is 0 Å². The number of carbonyl (C=O) groups excluding carboxylic acids is 1. The van der Waals surface area contributed by atoms with Crippen LogP contribution in [-0.4, -0.2) is 16.0 Å². The first-order valence-electron chi connectivity index (χ1n) is 4.19. The number of carbonyl (C=O) groups is 1. The molecule has 0 aliphatic carbocycles. The molecule has 0 atom stereocenters. The maximum Gasteiger partial charge on any atom is 0.246 e. The van der Waals surface area contributed by atoms with Crippen LogP contribution in [0.4, 0.5) is 4.79 Å². The summed E-state index contributed by atoms with van der Waals surface area (Å²) in [7, 11) is 0. The van der Waals surface area contributed by atoms with Gasteiger partial charge < -0.3 is 0 Å². The first-order valence-corrected chi connectivity index (χ1v) is 6.16. The molecule has 0 radical (unpaired) electrons. The predicted octanol–water partition coefficient (Wildman–Crippen LogP) is 3.54. The highest BCUT2D eigenvalue weighted by molar-refractivity contribution is 8.38. The van der Waals surface area contributed by atoms with Crippen LogP contribution in [0.25, 0.3) is 0 Å². The van der Waals surface area contributed by atoms with Crippen molar-refractivity contribution in [3.63, 3.8) is 0 Å². The molecule has 1 aliphatic rings. The maximum absolute atomic E-state index is 11.0. The Hall–Kier alpha value is 0.370. The molecule has 0 aromatic heterocycles. The fraction of sp³-hybridized carbons (Fsp3) is 0.875. The fourth-order valence-electron chi connectivity index (χ4n) is 1.09. The average molecular weight is 190 g/mol. The van der Waals surface area contributed by atoms with Gasteiger partial charge in [-0.1, -0.05) is 42.8 Å². The Morgan fingerprint density at radius 2 is 1.27 bits per heavy atom. The molecule has 1 aliphatic heterocycles. The molecule has 0 aromatic carbocycles. The summed E-state index contributed by atoms with van der Waals surface area (Å²) in [6, 6.07) is 0. The number of thioether (sulfide) groups is 2. The molecule has 0 saturated carbocycles. The van der Waals surface area contributed by atoms with Gasteiger partial charge in [-0.3, -0.25) is 4.79 Å². The molecule has 0 N–H and O–H groups in total. The first kappa shape index (κ1) is 9.46. The Labute approximate surface area is 76.7 Å². The molecule has 11 heavy (non-hydrogen) atoms. The third-order valence-corrected chi connectivity index (χ3v) is 3.89. The van der Waals surface area contributed by atoms with E-state index >= 15 is 0 Å². The van der Waals surface area contributed by atoms with Crippen LogP contribution in [0.3, 0.4) is 0 Å². The lowest BCUT2D eigenvalue weighted by Crippen LogP contribution is -1.92. The monoisotopic (exact) mass is 190 g/mol. The second-order valence-corrected chi connectivity index (χ2v) is 5.11. The summed E-state index contributed by atoms with van der Waals surface area (Å²) >= 11 is 3.00. The van der Waals surface area contributed by atoms with Gasteiger partial charge in [0.2, 0.25) is 4.45 Å². The van der Waals surface area contributed by atoms with Crippen molar-refractivity contribution in [1.29, 1.82) is 0 Å². The van der Waals surface area contributed by atoms with Crippen LogP contribution >= 0.6 is 23.5 Å². The topological polar surface area (TPSA) is 17.1 Å². The second-order valence-electron chi connectivity index (χ2n) is 2.71. The van der Waals surface area contributed by atoms with E-state index in [0.29, 0.717) is 4.45 Å². The van der Waals surface area contributed by atoms with E-state index in [1.807, 2.05) is 0 Å². The van der Waals surface area contributed by atoms with Crippen LogP contribution in [0, 0.1) is 0 Å². The second kappa shape index (κ2) is 5.95. The van der Waals surface area contributed by atoms with Gasteiger partial charge in [-0.15, -0.1) is 0 Å². The molecule has 0 spiro atoms. The van der Waals surface area contributed by atoms with Gasteiger partial charge >= 0.3 is 0 Å². The Balaban J connectivity index is 2.17. The summed E-state index contributed by atoms with van der Waals surface area (Å²) in [5.41, 5.74) is 0. The molecule has 0 unspecified atom stereocenters. The summed E-state index contributed by atoms with van der Waals surface area (Å²) in [5, 5.41) is 0. The molecule has 0 bridgehead atoms. The lowest BCUT2D eigenvalue weighted by molar-refractivity contribution is 0.276. The van der Waals surface area contributed by atoms with Crippen molar-refractivity contribution in [2.75, 3.05) is 11.5 Å². The van der Waals surface area contributed by atoms with Crippen LogP contribution in [0.2, 0.25) is 0 Å². The summed E-state index contributed by atoms with van der Waals surface area (Å²) in [6.45, 7) is 0. The van der Waals surface area contributed by atoms with Crippen LogP contribution in [0.5, 0.6) is 0 Å². The van der Waals surface area contributed by atoms with Crippen molar-refractivity contribution >= 4 is 28.0 Å². The van der Waals surface area contributed by atoms with E-state index in [0.717, 1.165) is 11.5 Å². The van der Waals surface area contributed by atoms with Gasteiger partial charge in [-0.05, 0) is 12.8 Å². The average Bonchev–Trinajstić information content (AvgIpc) is 2.03. The van der Waals surface area contributed by atoms with E-state index in [2.05, 4.69) is 0 Å². The summed E-state index contributed by atoms with van der Waals surface area (Å²) in [4.78, 5) is 11.0. The molecule has 64 valence electrons. The van der Waals surface area contributed by atoms with Crippen LogP contribution in [0.15, 0.2) is 0 Å². The molecular formula is C8H14OS2. The highest BCUT2D eigenvalue weighted by atomic mass is 32.2. The molecule has 3 heteroatoms. The highest BCUT2D eigenvalue weighted by Gasteiger charge is 2.04. The van der Waals surface area contributed by atoms with Crippen molar-refractivity contribution in [2.45, 2.75) is 32.1 Å². The first-order chi connectivity index (χ1) is 5.39. The molecule has 0 amide bonds. The van der Waals surface area contributed by atoms with Gasteiger partial charge in [0, 0.05) is 11.5 Å². The van der Waals surface area contributed by atoms with Crippen LogP contribution in [-0.2, 0) is 0 Å². The summed E-state index contributed by atoms with van der Waals surface area (Å²) < 4.78 is 0.326. The van der Waals surface area contributed by atoms with Crippen LogP contribution in [0.1, 0.15) is 32.1 Å². The SMILES string of the molecule is O=C1SCCCCCCCS1. The van der Waals surface area contributed by atoms with Gasteiger partial charge in [0.15, 0.2) is 0 Å². The molecule has 1 rings (SSSR count). The molecule has 1 saturated heterocycles. The minimum atomic E-state index is 0.326. The van der Waals surface area contributed by atoms with Crippen molar-refractivity contribution in [3.8, 4) is 0 Å². The summed E-state index contributed by atoms with van der Waals surface area (Å²) in [6.07, 6.45) is 6.42. The highest BCUT2D eigenvalue weighted by Crippen LogP contribution is 2.21. The molecule has 1 fully saturated rings. The Bertz CT molecular complexity index is 113. The van der Waals surface area contributed by atoms with Gasteiger partial charge in [-0.2, -0.15) is 0 Å². The zero-order valence-electron chi connectivity index (χ0n) is 6.67. The Morgan fingerprint density at radius 3 is 1.82 bits per heavy atom. The minimum absolute atomic E-state index is 0.326. The van der Waals surface area contributed by atoms with Gasteiger partial charge in [0.25, 0.3) is 0 Å². The molecule has 1 heterocycles. The van der Waals surface area contributed by atoms with E-state index in [4.69, 9.17) is 0 Å². The van der Waals surface area contributed by atoms with Gasteiger partial charge in [0.05, 0.1) is 0 Å². The third-order valence-electron chi connectivity index (χ3n) is 1.73. The quantitative estimate of drug-likeness (QED) is 0.581. The molecular weight excluding hydrogens is 176 g/mol. The van der Waals surface area contributed by atoms with E-state index < -0.39 is 0 Å². The lowest BCUT2D eigenvalue weighted by Gasteiger charge is -2.04. The summed E-state index contributed by atoms with van der Waals surface area (Å²) in [5.74, 6) is 2.07. The molecule has 0 aromatic rings. The van der Waals surface area contributed by atoms with E-state index in [1.165, 1.54) is 55.6 Å². The predicted molar refractivity (Wildman–Crippen MR) is 53.4 cm³/mol. The Kier molecular flexibility index (Phi) is 5.12. The van der Waals surface area contributed by atoms with Gasteiger partial charge in [-0.25, -0.2) is 0 Å². The van der Waals surface area contributed by atoms with E-state index in [9.17, 15) is 4.79 Å². The lowest BCUT2D eigenvalue weighted by atomic mass is 10.2. The van der Waals surface area contributed by atoms with E-state index in [-0.39, 0.29) is 0 Å².